The predicted octanol–water partition coefficient (Wildman–Crippen LogP) is 1.16. The van der Waals surface area contributed by atoms with Crippen molar-refractivity contribution >= 4 is 23.0 Å². The minimum absolute atomic E-state index is 0.0864. The maximum Gasteiger partial charge on any atom is 0.303 e. The van der Waals surface area contributed by atoms with Gasteiger partial charge in [-0.15, -0.1) is 0 Å². The maximum atomic E-state index is 12.9. The quantitative estimate of drug-likeness (QED) is 0.903. The Morgan fingerprint density at radius 3 is 2.67 bits per heavy atom. The average Bonchev–Trinajstić information content (AvgIpc) is 2.87. The summed E-state index contributed by atoms with van der Waals surface area (Å²) in [7, 11) is 1.57. The van der Waals surface area contributed by atoms with Crippen molar-refractivity contribution < 1.29 is 19.1 Å². The molecule has 1 aliphatic heterocycles. The third kappa shape index (κ3) is 2.79. The highest BCUT2D eigenvalue weighted by Crippen LogP contribution is 2.26. The molecule has 128 valence electrons. The molecule has 2 aromatic rings. The maximum absolute atomic E-state index is 12.9. The molecule has 0 bridgehead atoms. The van der Waals surface area contributed by atoms with Crippen molar-refractivity contribution in [3.63, 3.8) is 0 Å². The molecule has 8 nitrogen and oxygen atoms in total. The number of rotatable bonds is 3. The van der Waals surface area contributed by atoms with Crippen LogP contribution in [0.25, 0.3) is 11.1 Å². The molecule has 0 aromatic carbocycles. The number of fused-ring (bicyclic) bond motifs is 1. The summed E-state index contributed by atoms with van der Waals surface area (Å²) < 4.78 is 6.78. The van der Waals surface area contributed by atoms with E-state index in [-0.39, 0.29) is 40.5 Å². The minimum atomic E-state index is -0.814. The first kappa shape index (κ1) is 16.2. The normalized spacial score (nSPS) is 15.8. The Hall–Kier alpha value is -2.64. The van der Waals surface area contributed by atoms with Gasteiger partial charge in [0.05, 0.1) is 5.56 Å². The summed E-state index contributed by atoms with van der Waals surface area (Å²) >= 11 is 0. The van der Waals surface area contributed by atoms with Crippen LogP contribution in [0.3, 0.4) is 0 Å². The van der Waals surface area contributed by atoms with Gasteiger partial charge in [-0.05, 0) is 25.7 Å². The van der Waals surface area contributed by atoms with Crippen molar-refractivity contribution in [1.82, 2.24) is 14.5 Å². The van der Waals surface area contributed by atoms with Crippen LogP contribution in [0.5, 0.6) is 0 Å². The van der Waals surface area contributed by atoms with Gasteiger partial charge in [0, 0.05) is 26.6 Å². The zero-order chi connectivity index (χ0) is 17.4. The van der Waals surface area contributed by atoms with E-state index in [9.17, 15) is 14.4 Å². The Balaban J connectivity index is 1.88. The number of aliphatic carboxylic acids is 1. The number of nitrogens with zero attached hydrogens (tertiary/aromatic N) is 3. The number of furan rings is 1. The van der Waals surface area contributed by atoms with Crippen molar-refractivity contribution in [2.45, 2.75) is 26.2 Å². The molecule has 0 radical (unpaired) electrons. The number of carbonyl (C=O) groups is 2. The van der Waals surface area contributed by atoms with Gasteiger partial charge in [-0.2, -0.15) is 0 Å². The third-order valence-corrected chi connectivity index (χ3v) is 4.53. The Bertz CT molecular complexity index is 858. The Morgan fingerprint density at radius 2 is 2.04 bits per heavy atom. The first-order valence-corrected chi connectivity index (χ1v) is 7.84. The lowest BCUT2D eigenvalue weighted by Crippen LogP contribution is -2.39. The number of carboxylic acids is 1. The van der Waals surface area contributed by atoms with Crippen LogP contribution in [0.1, 0.15) is 35.4 Å². The molecule has 1 fully saturated rings. The molecular formula is C16H19N3O5. The van der Waals surface area contributed by atoms with Crippen molar-refractivity contribution in [2.75, 3.05) is 13.1 Å². The topological polar surface area (TPSA) is 106 Å². The monoisotopic (exact) mass is 333 g/mol. The summed E-state index contributed by atoms with van der Waals surface area (Å²) in [6.45, 7) is 2.60. The molecule has 3 heterocycles. The average molecular weight is 333 g/mol. The Kier molecular flexibility index (Phi) is 4.13. The summed E-state index contributed by atoms with van der Waals surface area (Å²) in [6.07, 6.45) is 2.77. The molecule has 1 saturated heterocycles. The van der Waals surface area contributed by atoms with Crippen LogP contribution >= 0.6 is 0 Å². The first-order chi connectivity index (χ1) is 11.4. The summed E-state index contributed by atoms with van der Waals surface area (Å²) in [6, 6.07) is 0. The minimum Gasteiger partial charge on any atom is -0.481 e. The lowest BCUT2D eigenvalue weighted by molar-refractivity contribution is -0.138. The fourth-order valence-electron chi connectivity index (χ4n) is 3.19. The van der Waals surface area contributed by atoms with Gasteiger partial charge in [-0.25, -0.2) is 4.98 Å². The molecule has 0 saturated carbocycles. The fraction of sp³-hybridized carbons (Fsp3) is 0.500. The Morgan fingerprint density at radius 1 is 1.38 bits per heavy atom. The zero-order valence-corrected chi connectivity index (χ0v) is 13.6. The standard InChI is InChI=1S/C16H19N3O5/c1-9-12(13-14(24-9)17-8-18(2)15(13)22)16(23)19-5-3-10(4-6-19)7-11(20)21/h8,10H,3-7H2,1-2H3,(H,20,21). The van der Waals surface area contributed by atoms with E-state index in [1.807, 2.05) is 0 Å². The molecule has 0 aliphatic carbocycles. The molecule has 0 spiro atoms. The summed E-state index contributed by atoms with van der Waals surface area (Å²) in [5, 5.41) is 9.07. The number of likely N-dealkylation sites (tertiary alicyclic amines) is 1. The van der Waals surface area contributed by atoms with E-state index in [0.717, 1.165) is 0 Å². The second kappa shape index (κ2) is 6.10. The van der Waals surface area contributed by atoms with E-state index in [2.05, 4.69) is 4.98 Å². The van der Waals surface area contributed by atoms with Crippen molar-refractivity contribution in [1.29, 1.82) is 0 Å². The van der Waals surface area contributed by atoms with Gasteiger partial charge in [0.15, 0.2) is 0 Å². The zero-order valence-electron chi connectivity index (χ0n) is 13.6. The number of hydrogen-bond acceptors (Lipinski definition) is 5. The molecule has 24 heavy (non-hydrogen) atoms. The van der Waals surface area contributed by atoms with Gasteiger partial charge in [0.25, 0.3) is 11.5 Å². The predicted molar refractivity (Wildman–Crippen MR) is 84.9 cm³/mol. The summed E-state index contributed by atoms with van der Waals surface area (Å²) in [5.41, 5.74) is 0.107. The molecule has 2 aromatic heterocycles. The number of carbonyl (C=O) groups excluding carboxylic acids is 1. The van der Waals surface area contributed by atoms with Crippen molar-refractivity contribution in [3.05, 3.63) is 28.0 Å². The smallest absolute Gasteiger partial charge is 0.303 e. The first-order valence-electron chi connectivity index (χ1n) is 7.84. The van der Waals surface area contributed by atoms with E-state index < -0.39 is 5.97 Å². The molecule has 3 rings (SSSR count). The van der Waals surface area contributed by atoms with E-state index in [0.29, 0.717) is 31.7 Å². The van der Waals surface area contributed by atoms with Crippen LogP contribution in [-0.4, -0.2) is 44.5 Å². The lowest BCUT2D eigenvalue weighted by Gasteiger charge is -2.31. The second-order valence-corrected chi connectivity index (χ2v) is 6.21. The van der Waals surface area contributed by atoms with Crippen molar-refractivity contribution in [3.8, 4) is 0 Å². The van der Waals surface area contributed by atoms with Crippen LogP contribution < -0.4 is 5.56 Å². The number of aryl methyl sites for hydroxylation is 2. The van der Waals surface area contributed by atoms with Gasteiger partial charge in [0.2, 0.25) is 5.71 Å². The molecule has 0 unspecified atom stereocenters. The van der Waals surface area contributed by atoms with E-state index >= 15 is 0 Å². The summed E-state index contributed by atoms with van der Waals surface area (Å²) in [5.74, 6) is -0.613. The summed E-state index contributed by atoms with van der Waals surface area (Å²) in [4.78, 5) is 41.7. The van der Waals surface area contributed by atoms with Gasteiger partial charge in [-0.1, -0.05) is 0 Å². The third-order valence-electron chi connectivity index (χ3n) is 4.53. The Labute approximate surface area is 137 Å². The number of hydrogen-bond donors (Lipinski definition) is 1. The van der Waals surface area contributed by atoms with Crippen LogP contribution in [0.2, 0.25) is 0 Å². The van der Waals surface area contributed by atoms with Gasteiger partial charge in [0.1, 0.15) is 17.5 Å². The van der Waals surface area contributed by atoms with Crippen LogP contribution in [-0.2, 0) is 11.8 Å². The van der Waals surface area contributed by atoms with Gasteiger partial charge in [-0.3, -0.25) is 14.4 Å². The van der Waals surface area contributed by atoms with Gasteiger partial charge < -0.3 is 19.0 Å². The van der Waals surface area contributed by atoms with Gasteiger partial charge >= 0.3 is 5.97 Å². The highest BCUT2D eigenvalue weighted by molar-refractivity contribution is 6.06. The lowest BCUT2D eigenvalue weighted by atomic mass is 9.93. The van der Waals surface area contributed by atoms with Crippen LogP contribution in [0, 0.1) is 12.8 Å². The number of piperidine rings is 1. The van der Waals surface area contributed by atoms with E-state index in [4.69, 9.17) is 9.52 Å². The molecular weight excluding hydrogens is 314 g/mol. The number of amides is 1. The van der Waals surface area contributed by atoms with Crippen LogP contribution in [0.4, 0.5) is 0 Å². The largest absolute Gasteiger partial charge is 0.481 e. The molecule has 8 heteroatoms. The highest BCUT2D eigenvalue weighted by Gasteiger charge is 2.29. The molecule has 1 amide bonds. The van der Waals surface area contributed by atoms with E-state index in [1.165, 1.54) is 10.9 Å². The number of carboxylic acid groups (broad SMARTS) is 1. The second-order valence-electron chi connectivity index (χ2n) is 6.21. The van der Waals surface area contributed by atoms with Crippen LogP contribution in [0.15, 0.2) is 15.5 Å². The van der Waals surface area contributed by atoms with E-state index in [1.54, 1.807) is 18.9 Å². The fourth-order valence-corrected chi connectivity index (χ4v) is 3.19. The SMILES string of the molecule is Cc1oc2ncn(C)c(=O)c2c1C(=O)N1CCC(CC(=O)O)CC1. The molecule has 0 atom stereocenters. The molecule has 1 aliphatic rings. The number of aromatic nitrogens is 2. The van der Waals surface area contributed by atoms with Crippen molar-refractivity contribution in [2.24, 2.45) is 13.0 Å². The highest BCUT2D eigenvalue weighted by atomic mass is 16.4. The molecule has 1 N–H and O–H groups in total.